The Hall–Kier alpha value is -1.28. The van der Waals surface area contributed by atoms with Crippen LogP contribution in [0.2, 0.25) is 0 Å². The first-order chi connectivity index (χ1) is 6.20. The van der Waals surface area contributed by atoms with Crippen molar-refractivity contribution in [1.82, 2.24) is 0 Å². The van der Waals surface area contributed by atoms with E-state index in [1.54, 1.807) is 0 Å². The molecular weight excluding hydrogens is 186 g/mol. The molecule has 0 heterocycles. The van der Waals surface area contributed by atoms with Crippen molar-refractivity contribution in [3.05, 3.63) is 48.6 Å². The van der Waals surface area contributed by atoms with Gasteiger partial charge in [-0.1, -0.05) is 36.9 Å². The summed E-state index contributed by atoms with van der Waals surface area (Å²) in [5, 5.41) is 0. The van der Waals surface area contributed by atoms with Crippen LogP contribution in [-0.2, 0) is 10.7 Å². The lowest BCUT2D eigenvalue weighted by Crippen LogP contribution is -2.04. The van der Waals surface area contributed by atoms with Gasteiger partial charge in [0.25, 0.3) is 0 Å². The lowest BCUT2D eigenvalue weighted by molar-refractivity contribution is -0.113. The number of hydrogen-bond donors (Lipinski definition) is 1. The Kier molecular flexibility index (Phi) is 6.65. The Morgan fingerprint density at radius 2 is 1.92 bits per heavy atom. The van der Waals surface area contributed by atoms with Crippen molar-refractivity contribution in [2.24, 2.45) is 5.73 Å². The average molecular weight is 198 g/mol. The highest BCUT2D eigenvalue weighted by Crippen LogP contribution is 2.00. The number of alkyl halides is 1. The van der Waals surface area contributed by atoms with Crippen LogP contribution < -0.4 is 5.73 Å². The van der Waals surface area contributed by atoms with Gasteiger partial charge in [-0.05, 0) is 11.6 Å². The van der Waals surface area contributed by atoms with Crippen LogP contribution in [-0.4, -0.2) is 5.91 Å². The smallest absolute Gasteiger partial charge is 0.240 e. The molecule has 0 fully saturated rings. The van der Waals surface area contributed by atoms with Gasteiger partial charge in [-0.2, -0.15) is 0 Å². The predicted octanol–water partition coefficient (Wildman–Crippen LogP) is 2.08. The second-order valence-corrected chi connectivity index (χ2v) is 2.49. The Labute approximate surface area is 83.0 Å². The van der Waals surface area contributed by atoms with E-state index in [4.69, 9.17) is 11.6 Å². The molecule has 0 radical (unpaired) electrons. The van der Waals surface area contributed by atoms with E-state index in [9.17, 15) is 4.79 Å². The van der Waals surface area contributed by atoms with Crippen molar-refractivity contribution in [2.75, 3.05) is 0 Å². The number of carbonyl (C=O) groups is 1. The fourth-order valence-electron chi connectivity index (χ4n) is 0.567. The minimum Gasteiger partial charge on any atom is -0.366 e. The number of primary amides is 1. The van der Waals surface area contributed by atoms with Gasteiger partial charge in [0, 0.05) is 5.88 Å². The lowest BCUT2D eigenvalue weighted by atomic mass is 10.2. The third-order valence-corrected chi connectivity index (χ3v) is 1.51. The first-order valence-corrected chi connectivity index (χ1v) is 4.26. The molecule has 3 heteroatoms. The van der Waals surface area contributed by atoms with Crippen molar-refractivity contribution in [2.45, 2.75) is 5.88 Å². The van der Waals surface area contributed by atoms with E-state index in [0.717, 1.165) is 6.08 Å². The molecule has 0 saturated carbocycles. The van der Waals surface area contributed by atoms with Crippen LogP contribution in [0.4, 0.5) is 0 Å². The zero-order valence-corrected chi connectivity index (χ0v) is 8.00. The largest absolute Gasteiger partial charge is 0.366 e. The normalized spacial score (nSPS) is 8.08. The van der Waals surface area contributed by atoms with Crippen molar-refractivity contribution in [3.8, 4) is 0 Å². The summed E-state index contributed by atoms with van der Waals surface area (Å²) in [5.41, 5.74) is 5.71. The molecule has 1 aromatic carbocycles. The quantitative estimate of drug-likeness (QED) is 0.573. The molecule has 0 saturated heterocycles. The zero-order chi connectivity index (χ0) is 10.1. The molecular formula is C10H12ClNO. The highest BCUT2D eigenvalue weighted by molar-refractivity contribution is 6.17. The van der Waals surface area contributed by atoms with E-state index in [0.29, 0.717) is 5.88 Å². The van der Waals surface area contributed by atoms with Crippen molar-refractivity contribution in [1.29, 1.82) is 0 Å². The highest BCUT2D eigenvalue weighted by Gasteiger charge is 1.81. The lowest BCUT2D eigenvalue weighted by Gasteiger charge is -1.88. The summed E-state index contributed by atoms with van der Waals surface area (Å²) < 4.78 is 0. The summed E-state index contributed by atoms with van der Waals surface area (Å²) in [4.78, 5) is 9.47. The fourth-order valence-corrected chi connectivity index (χ4v) is 0.745. The summed E-state index contributed by atoms with van der Waals surface area (Å²) >= 11 is 5.53. The number of amides is 1. The van der Waals surface area contributed by atoms with E-state index in [2.05, 4.69) is 12.3 Å². The molecule has 0 spiro atoms. The molecule has 1 amide bonds. The molecule has 0 aliphatic rings. The van der Waals surface area contributed by atoms with Crippen LogP contribution in [0.1, 0.15) is 5.56 Å². The predicted molar refractivity (Wildman–Crippen MR) is 55.4 cm³/mol. The van der Waals surface area contributed by atoms with Gasteiger partial charge in [-0.15, -0.1) is 11.6 Å². The van der Waals surface area contributed by atoms with Gasteiger partial charge in [0.05, 0.1) is 0 Å². The highest BCUT2D eigenvalue weighted by atomic mass is 35.5. The maximum Gasteiger partial charge on any atom is 0.240 e. The summed E-state index contributed by atoms with van der Waals surface area (Å²) in [6.45, 7) is 3.09. The van der Waals surface area contributed by atoms with Gasteiger partial charge in [-0.25, -0.2) is 0 Å². The third kappa shape index (κ3) is 7.09. The number of nitrogens with two attached hydrogens (primary N) is 1. The zero-order valence-electron chi connectivity index (χ0n) is 7.24. The summed E-state index contributed by atoms with van der Waals surface area (Å²) in [5.74, 6) is 0.130. The van der Waals surface area contributed by atoms with Gasteiger partial charge in [0.1, 0.15) is 0 Å². The molecule has 0 atom stereocenters. The van der Waals surface area contributed by atoms with Gasteiger partial charge < -0.3 is 5.73 Å². The number of carbonyl (C=O) groups excluding carboxylic acids is 1. The average Bonchev–Trinajstić information content (AvgIpc) is 2.20. The first kappa shape index (κ1) is 11.7. The number of rotatable bonds is 2. The third-order valence-electron chi connectivity index (χ3n) is 1.20. The van der Waals surface area contributed by atoms with E-state index in [-0.39, 0.29) is 0 Å². The Morgan fingerprint density at radius 1 is 1.46 bits per heavy atom. The molecule has 0 aliphatic heterocycles. The standard InChI is InChI=1S/C7H7Cl.C3H5NO/c8-6-7-4-2-1-3-5-7;1-2-3(4)5/h1-5H,6H2;2H,1H2,(H2,4,5). The second-order valence-electron chi connectivity index (χ2n) is 2.23. The van der Waals surface area contributed by atoms with Gasteiger partial charge in [0.15, 0.2) is 0 Å². The summed E-state index contributed by atoms with van der Waals surface area (Å²) in [6, 6.07) is 9.96. The molecule has 0 aromatic heterocycles. The van der Waals surface area contributed by atoms with Crippen LogP contribution in [0.3, 0.4) is 0 Å². The number of hydrogen-bond acceptors (Lipinski definition) is 1. The minimum atomic E-state index is -0.481. The van der Waals surface area contributed by atoms with Gasteiger partial charge in [0.2, 0.25) is 5.91 Å². The number of halogens is 1. The van der Waals surface area contributed by atoms with E-state index in [1.807, 2.05) is 30.3 Å². The van der Waals surface area contributed by atoms with E-state index in [1.165, 1.54) is 5.56 Å². The van der Waals surface area contributed by atoms with Crippen LogP contribution >= 0.6 is 11.6 Å². The van der Waals surface area contributed by atoms with Gasteiger partial charge >= 0.3 is 0 Å². The topological polar surface area (TPSA) is 43.1 Å². The SMILES string of the molecule is C=CC(N)=O.ClCc1ccccc1. The van der Waals surface area contributed by atoms with E-state index >= 15 is 0 Å². The Balaban J connectivity index is 0.000000252. The van der Waals surface area contributed by atoms with Crippen LogP contribution in [0.5, 0.6) is 0 Å². The fraction of sp³-hybridized carbons (Fsp3) is 0.100. The molecule has 2 nitrogen and oxygen atoms in total. The molecule has 0 aliphatic carbocycles. The maximum absolute atomic E-state index is 9.47. The molecule has 2 N–H and O–H groups in total. The Morgan fingerprint density at radius 3 is 2.15 bits per heavy atom. The van der Waals surface area contributed by atoms with Gasteiger partial charge in [-0.3, -0.25) is 4.79 Å². The van der Waals surface area contributed by atoms with Crippen LogP contribution in [0.25, 0.3) is 0 Å². The van der Waals surface area contributed by atoms with E-state index < -0.39 is 5.91 Å². The minimum absolute atomic E-state index is 0.481. The number of benzene rings is 1. The van der Waals surface area contributed by atoms with Crippen molar-refractivity contribution in [3.63, 3.8) is 0 Å². The first-order valence-electron chi connectivity index (χ1n) is 3.72. The Bertz CT molecular complexity index is 259. The maximum atomic E-state index is 9.47. The molecule has 0 unspecified atom stereocenters. The van der Waals surface area contributed by atoms with Crippen molar-refractivity contribution >= 4 is 17.5 Å². The molecule has 1 rings (SSSR count). The molecule has 13 heavy (non-hydrogen) atoms. The monoisotopic (exact) mass is 197 g/mol. The second kappa shape index (κ2) is 7.37. The van der Waals surface area contributed by atoms with Crippen LogP contribution in [0, 0.1) is 0 Å². The van der Waals surface area contributed by atoms with Crippen LogP contribution in [0.15, 0.2) is 43.0 Å². The molecule has 1 aromatic rings. The molecule has 0 bridgehead atoms. The summed E-state index contributed by atoms with van der Waals surface area (Å²) in [7, 11) is 0. The molecule has 70 valence electrons. The van der Waals surface area contributed by atoms with Crippen molar-refractivity contribution < 1.29 is 4.79 Å². The summed E-state index contributed by atoms with van der Waals surface area (Å²) in [6.07, 6.45) is 1.06.